The zero-order valence-electron chi connectivity index (χ0n) is 20.5. The van der Waals surface area contributed by atoms with E-state index in [0.29, 0.717) is 41.5 Å². The van der Waals surface area contributed by atoms with E-state index in [1.54, 1.807) is 40.5 Å². The van der Waals surface area contributed by atoms with E-state index in [-0.39, 0.29) is 17.5 Å². The van der Waals surface area contributed by atoms with Crippen LogP contribution in [-0.2, 0) is 27.9 Å². The highest BCUT2D eigenvalue weighted by molar-refractivity contribution is 7.10. The van der Waals surface area contributed by atoms with Crippen molar-refractivity contribution in [3.63, 3.8) is 0 Å². The molecule has 1 aromatic carbocycles. The van der Waals surface area contributed by atoms with E-state index in [0.717, 1.165) is 50.4 Å². The molecule has 6 rings (SSSR count). The van der Waals surface area contributed by atoms with Gasteiger partial charge in [0.25, 0.3) is 11.5 Å². The lowest BCUT2D eigenvalue weighted by Crippen LogP contribution is -2.36. The second-order valence-electron chi connectivity index (χ2n) is 10.4. The first-order valence-corrected chi connectivity index (χ1v) is 14.2. The van der Waals surface area contributed by atoms with Crippen LogP contribution in [0, 0.1) is 0 Å². The average molecular weight is 540 g/mol. The number of nitrogens with one attached hydrogen (secondary N) is 1. The van der Waals surface area contributed by atoms with Crippen molar-refractivity contribution in [3.05, 3.63) is 84.2 Å². The van der Waals surface area contributed by atoms with Gasteiger partial charge in [-0.3, -0.25) is 9.59 Å². The van der Waals surface area contributed by atoms with E-state index in [2.05, 4.69) is 16.4 Å². The van der Waals surface area contributed by atoms with Crippen LogP contribution >= 0.6 is 22.9 Å². The largest absolute Gasteiger partial charge is 0.381 e. The first-order valence-electron chi connectivity index (χ1n) is 13.0. The number of nitrogens with zero attached hydrogens (tertiary/aromatic N) is 2. The molecular weight excluding hydrogens is 510 g/mol. The van der Waals surface area contributed by atoms with E-state index >= 15 is 0 Å². The summed E-state index contributed by atoms with van der Waals surface area (Å²) in [7, 11) is 0. The van der Waals surface area contributed by atoms with Crippen LogP contribution in [0.2, 0.25) is 5.02 Å². The maximum atomic E-state index is 13.3. The van der Waals surface area contributed by atoms with E-state index < -0.39 is 12.0 Å². The Balaban J connectivity index is 1.24. The van der Waals surface area contributed by atoms with Crippen LogP contribution in [0.3, 0.4) is 0 Å². The van der Waals surface area contributed by atoms with Gasteiger partial charge in [-0.15, -0.1) is 11.3 Å². The fraction of sp³-hybridized carbons (Fsp3) is 0.464. The number of aliphatic hydroxyl groups is 1. The molecule has 2 aromatic heterocycles. The lowest BCUT2D eigenvalue weighted by Gasteiger charge is -2.24. The Kier molecular flexibility index (Phi) is 6.69. The molecule has 194 valence electrons. The van der Waals surface area contributed by atoms with Crippen LogP contribution < -0.4 is 5.56 Å². The van der Waals surface area contributed by atoms with Gasteiger partial charge in [0.1, 0.15) is 5.82 Å². The molecule has 4 heterocycles. The molecule has 0 radical (unpaired) electrons. The fourth-order valence-corrected chi connectivity index (χ4v) is 7.05. The number of carbonyl (C=O) groups excluding carboxylic acids is 1. The summed E-state index contributed by atoms with van der Waals surface area (Å²) >= 11 is 7.81. The first-order chi connectivity index (χ1) is 17.9. The minimum absolute atomic E-state index is 0.133. The number of hydrogen-bond donors (Lipinski definition) is 2. The number of halogens is 1. The van der Waals surface area contributed by atoms with Crippen molar-refractivity contribution in [1.29, 1.82) is 0 Å². The third-order valence-corrected chi connectivity index (χ3v) is 9.38. The number of aliphatic hydroxyl groups excluding tert-OH is 1. The molecule has 1 atom stereocenters. The van der Waals surface area contributed by atoms with Crippen molar-refractivity contribution >= 4 is 28.8 Å². The summed E-state index contributed by atoms with van der Waals surface area (Å²) < 4.78 is 5.53. The molecule has 9 heteroatoms. The van der Waals surface area contributed by atoms with Crippen LogP contribution in [0.4, 0.5) is 0 Å². The highest BCUT2D eigenvalue weighted by Gasteiger charge is 2.50. The van der Waals surface area contributed by atoms with Gasteiger partial charge in [0.2, 0.25) is 0 Å². The molecule has 2 fully saturated rings. The SMILES string of the molecule is O=C([C@H](O)c1cccc(Cl)c1)N1CCCc2nc(C3(c4cc(C5CCOCC5)cs4)CC3)[nH]c(=O)c2C1. The standard InChI is InChI=1S/C28H30ClN3O4S/c29-20-4-1-3-18(13-20)24(33)26(35)32-10-2-5-22-21(15-32)25(34)31-27(30-22)28(8-9-28)23-14-19(16-37-23)17-6-11-36-12-7-17/h1,3-4,13-14,16-17,24,33H,2,5-12,15H2,(H,30,31,34)/t24-/m1/s1. The Morgan fingerprint density at radius 1 is 1.27 bits per heavy atom. The summed E-state index contributed by atoms with van der Waals surface area (Å²) in [5.74, 6) is 0.853. The van der Waals surface area contributed by atoms with Gasteiger partial charge >= 0.3 is 0 Å². The second-order valence-corrected chi connectivity index (χ2v) is 11.7. The van der Waals surface area contributed by atoms with Gasteiger partial charge in [-0.25, -0.2) is 4.98 Å². The molecule has 0 spiro atoms. The Morgan fingerprint density at radius 2 is 2.08 bits per heavy atom. The topological polar surface area (TPSA) is 95.5 Å². The number of H-pyrrole nitrogens is 1. The van der Waals surface area contributed by atoms with E-state index in [1.165, 1.54) is 10.4 Å². The molecule has 37 heavy (non-hydrogen) atoms. The predicted octanol–water partition coefficient (Wildman–Crippen LogP) is 4.47. The van der Waals surface area contributed by atoms with Gasteiger partial charge < -0.3 is 19.7 Å². The van der Waals surface area contributed by atoms with Crippen molar-refractivity contribution in [2.45, 2.75) is 62.5 Å². The molecule has 1 aliphatic carbocycles. The number of hydrogen-bond acceptors (Lipinski definition) is 6. The van der Waals surface area contributed by atoms with Crippen molar-refractivity contribution in [3.8, 4) is 0 Å². The molecule has 0 bridgehead atoms. The minimum atomic E-state index is -1.33. The summed E-state index contributed by atoms with van der Waals surface area (Å²) in [6.07, 6.45) is 4.02. The predicted molar refractivity (Wildman–Crippen MR) is 142 cm³/mol. The van der Waals surface area contributed by atoms with Gasteiger partial charge in [-0.1, -0.05) is 23.7 Å². The van der Waals surface area contributed by atoms with Crippen molar-refractivity contribution < 1.29 is 14.6 Å². The number of amides is 1. The van der Waals surface area contributed by atoms with Crippen LogP contribution in [0.15, 0.2) is 40.5 Å². The monoisotopic (exact) mass is 539 g/mol. The summed E-state index contributed by atoms with van der Waals surface area (Å²) in [6, 6.07) is 8.98. The molecule has 2 N–H and O–H groups in total. The summed E-state index contributed by atoms with van der Waals surface area (Å²) in [4.78, 5) is 37.4. The van der Waals surface area contributed by atoms with Gasteiger partial charge in [-0.2, -0.15) is 0 Å². The molecule has 7 nitrogen and oxygen atoms in total. The molecule has 1 amide bonds. The number of fused-ring (bicyclic) bond motifs is 1. The third-order valence-electron chi connectivity index (χ3n) is 7.99. The summed E-state index contributed by atoms with van der Waals surface area (Å²) in [5, 5.41) is 13.4. The number of benzene rings is 1. The van der Waals surface area contributed by atoms with Gasteiger partial charge in [0.15, 0.2) is 6.10 Å². The van der Waals surface area contributed by atoms with Gasteiger partial charge in [0, 0.05) is 29.7 Å². The second kappa shape index (κ2) is 9.98. The average Bonchev–Trinajstić information content (AvgIpc) is 3.63. The number of ether oxygens (including phenoxy) is 1. The van der Waals surface area contributed by atoms with Gasteiger partial charge in [0.05, 0.1) is 23.2 Å². The number of carbonyl (C=O) groups is 1. The van der Waals surface area contributed by atoms with Crippen LogP contribution in [-0.4, -0.2) is 45.6 Å². The summed E-state index contributed by atoms with van der Waals surface area (Å²) in [6.45, 7) is 2.22. The number of thiophene rings is 1. The smallest absolute Gasteiger partial charge is 0.256 e. The first kappa shape index (κ1) is 24.8. The molecule has 1 saturated heterocycles. The van der Waals surface area contributed by atoms with Crippen LogP contribution in [0.25, 0.3) is 0 Å². The highest BCUT2D eigenvalue weighted by Crippen LogP contribution is 2.54. The maximum absolute atomic E-state index is 13.3. The molecule has 1 saturated carbocycles. The molecular formula is C28H30ClN3O4S. The highest BCUT2D eigenvalue weighted by atomic mass is 35.5. The maximum Gasteiger partial charge on any atom is 0.256 e. The lowest BCUT2D eigenvalue weighted by atomic mass is 9.92. The number of aromatic nitrogens is 2. The zero-order valence-corrected chi connectivity index (χ0v) is 22.1. The Bertz CT molecular complexity index is 1380. The van der Waals surface area contributed by atoms with Gasteiger partial charge in [-0.05, 0) is 79.1 Å². The minimum Gasteiger partial charge on any atom is -0.381 e. The quantitative estimate of drug-likeness (QED) is 0.499. The molecule has 3 aliphatic rings. The number of rotatable bonds is 5. The Hall–Kier alpha value is -2.52. The number of aryl methyl sites for hydroxylation is 1. The summed E-state index contributed by atoms with van der Waals surface area (Å²) in [5.41, 5.74) is 2.68. The zero-order chi connectivity index (χ0) is 25.6. The fourth-order valence-electron chi connectivity index (χ4n) is 5.60. The van der Waals surface area contributed by atoms with E-state index in [4.69, 9.17) is 21.3 Å². The van der Waals surface area contributed by atoms with Crippen molar-refractivity contribution in [1.82, 2.24) is 14.9 Å². The third kappa shape index (κ3) is 4.76. The number of aromatic amines is 1. The van der Waals surface area contributed by atoms with Crippen LogP contribution in [0.1, 0.15) is 77.2 Å². The van der Waals surface area contributed by atoms with Crippen molar-refractivity contribution in [2.75, 3.05) is 19.8 Å². The molecule has 2 aliphatic heterocycles. The van der Waals surface area contributed by atoms with E-state index in [9.17, 15) is 14.7 Å². The Morgan fingerprint density at radius 3 is 2.84 bits per heavy atom. The lowest BCUT2D eigenvalue weighted by molar-refractivity contribution is -0.141. The molecule has 0 unspecified atom stereocenters. The van der Waals surface area contributed by atoms with Crippen molar-refractivity contribution in [2.24, 2.45) is 0 Å². The van der Waals surface area contributed by atoms with E-state index in [1.807, 2.05) is 0 Å². The Labute approximate surface area is 224 Å². The molecule has 3 aromatic rings. The van der Waals surface area contributed by atoms with Crippen LogP contribution in [0.5, 0.6) is 0 Å². The normalized spacial score (nSPS) is 20.2.